The van der Waals surface area contributed by atoms with Gasteiger partial charge in [-0.25, -0.2) is 8.42 Å². The number of nitrogens with one attached hydrogen (secondary N) is 2. The number of aromatic nitrogens is 1. The summed E-state index contributed by atoms with van der Waals surface area (Å²) in [6, 6.07) is 9.03. The minimum absolute atomic E-state index is 0.0813. The van der Waals surface area contributed by atoms with Gasteiger partial charge in [0.05, 0.1) is 17.0 Å². The Morgan fingerprint density at radius 1 is 1.19 bits per heavy atom. The molecule has 0 amide bonds. The van der Waals surface area contributed by atoms with E-state index in [4.69, 9.17) is 11.6 Å². The molecule has 2 N–H and O–H groups in total. The average Bonchev–Trinajstić information content (AvgIpc) is 2.41. The summed E-state index contributed by atoms with van der Waals surface area (Å²) in [6.45, 7) is 2.02. The van der Waals surface area contributed by atoms with Gasteiger partial charge in [0.15, 0.2) is 0 Å². The SMILES string of the molecule is CC(Nc1ccc(NS(C)(=O)=O)c(Cl)c1)c1ccncc1. The fourth-order valence-electron chi connectivity index (χ4n) is 1.87. The number of benzene rings is 1. The van der Waals surface area contributed by atoms with Crippen molar-refractivity contribution in [3.8, 4) is 0 Å². The second-order valence-electron chi connectivity index (χ2n) is 4.72. The fraction of sp³-hybridized carbons (Fsp3) is 0.214. The maximum Gasteiger partial charge on any atom is 0.229 e. The lowest BCUT2D eigenvalue weighted by Crippen LogP contribution is -2.10. The van der Waals surface area contributed by atoms with Gasteiger partial charge in [-0.15, -0.1) is 0 Å². The zero-order valence-electron chi connectivity index (χ0n) is 11.7. The number of pyridine rings is 1. The van der Waals surface area contributed by atoms with Crippen LogP contribution in [0.4, 0.5) is 11.4 Å². The molecule has 2 rings (SSSR count). The molecular formula is C14H16ClN3O2S. The van der Waals surface area contributed by atoms with Crippen molar-refractivity contribution in [1.29, 1.82) is 0 Å². The zero-order chi connectivity index (χ0) is 15.5. The first kappa shape index (κ1) is 15.6. The van der Waals surface area contributed by atoms with E-state index in [1.165, 1.54) is 0 Å². The highest BCUT2D eigenvalue weighted by atomic mass is 35.5. The minimum Gasteiger partial charge on any atom is -0.378 e. The van der Waals surface area contributed by atoms with Gasteiger partial charge in [-0.2, -0.15) is 0 Å². The third kappa shape index (κ3) is 4.61. The molecule has 112 valence electrons. The van der Waals surface area contributed by atoms with Crippen LogP contribution in [0.3, 0.4) is 0 Å². The maximum absolute atomic E-state index is 11.2. The summed E-state index contributed by atoms with van der Waals surface area (Å²) in [5.41, 5.74) is 2.27. The summed E-state index contributed by atoms with van der Waals surface area (Å²) in [7, 11) is -3.34. The quantitative estimate of drug-likeness (QED) is 0.885. The molecule has 0 aliphatic carbocycles. The number of sulfonamides is 1. The molecule has 1 unspecified atom stereocenters. The first-order valence-corrected chi connectivity index (χ1v) is 8.56. The molecule has 2 aromatic rings. The summed E-state index contributed by atoms with van der Waals surface area (Å²) < 4.78 is 24.8. The Kier molecular flexibility index (Phi) is 4.69. The lowest BCUT2D eigenvalue weighted by Gasteiger charge is -2.16. The van der Waals surface area contributed by atoms with Crippen LogP contribution in [0.2, 0.25) is 5.02 Å². The van der Waals surface area contributed by atoms with Crippen LogP contribution < -0.4 is 10.0 Å². The van der Waals surface area contributed by atoms with Crippen molar-refractivity contribution in [2.24, 2.45) is 0 Å². The Morgan fingerprint density at radius 3 is 2.43 bits per heavy atom. The molecule has 5 nitrogen and oxygen atoms in total. The maximum atomic E-state index is 11.2. The van der Waals surface area contributed by atoms with Crippen LogP contribution in [0.15, 0.2) is 42.7 Å². The van der Waals surface area contributed by atoms with Crippen LogP contribution in [-0.4, -0.2) is 19.7 Å². The average molecular weight is 326 g/mol. The Hall–Kier alpha value is -1.79. The summed E-state index contributed by atoms with van der Waals surface area (Å²) >= 11 is 6.09. The number of rotatable bonds is 5. The lowest BCUT2D eigenvalue weighted by atomic mass is 10.1. The summed E-state index contributed by atoms with van der Waals surface area (Å²) in [4.78, 5) is 3.98. The van der Waals surface area contributed by atoms with Gasteiger partial charge in [-0.1, -0.05) is 11.6 Å². The molecule has 21 heavy (non-hydrogen) atoms. The van der Waals surface area contributed by atoms with Crippen molar-refractivity contribution < 1.29 is 8.42 Å². The number of hydrogen-bond donors (Lipinski definition) is 2. The van der Waals surface area contributed by atoms with E-state index < -0.39 is 10.0 Å². The molecule has 0 aliphatic heterocycles. The molecule has 0 saturated heterocycles. The van der Waals surface area contributed by atoms with Crippen LogP contribution in [0.1, 0.15) is 18.5 Å². The van der Waals surface area contributed by atoms with Gasteiger partial charge in [0.25, 0.3) is 0 Å². The number of anilines is 2. The van der Waals surface area contributed by atoms with E-state index in [2.05, 4.69) is 15.0 Å². The molecule has 0 spiro atoms. The summed E-state index contributed by atoms with van der Waals surface area (Å²) in [5, 5.41) is 3.64. The summed E-state index contributed by atoms with van der Waals surface area (Å²) in [5.74, 6) is 0. The molecule has 7 heteroatoms. The third-order valence-electron chi connectivity index (χ3n) is 2.85. The highest BCUT2D eigenvalue weighted by molar-refractivity contribution is 7.92. The second kappa shape index (κ2) is 6.32. The van der Waals surface area contributed by atoms with E-state index in [1.54, 1.807) is 30.6 Å². The predicted octanol–water partition coefficient (Wildman–Crippen LogP) is 3.28. The summed E-state index contributed by atoms with van der Waals surface area (Å²) in [6.07, 6.45) is 4.56. The standard InChI is InChI=1S/C14H16ClN3O2S/c1-10(11-5-7-16-8-6-11)17-12-3-4-14(13(15)9-12)18-21(2,19)20/h3-10,17-18H,1-2H3. The van der Waals surface area contributed by atoms with E-state index in [0.717, 1.165) is 17.5 Å². The zero-order valence-corrected chi connectivity index (χ0v) is 13.2. The van der Waals surface area contributed by atoms with Crippen molar-refractivity contribution >= 4 is 33.0 Å². The molecule has 0 radical (unpaired) electrons. The largest absolute Gasteiger partial charge is 0.378 e. The van der Waals surface area contributed by atoms with Gasteiger partial charge in [-0.05, 0) is 42.8 Å². The highest BCUT2D eigenvalue weighted by Gasteiger charge is 2.09. The molecule has 0 fully saturated rings. The van der Waals surface area contributed by atoms with Crippen molar-refractivity contribution in [3.63, 3.8) is 0 Å². The van der Waals surface area contributed by atoms with E-state index in [9.17, 15) is 8.42 Å². The van der Waals surface area contributed by atoms with Crippen LogP contribution in [-0.2, 0) is 10.0 Å². The minimum atomic E-state index is -3.34. The Morgan fingerprint density at radius 2 is 1.86 bits per heavy atom. The van der Waals surface area contributed by atoms with Crippen LogP contribution in [0.25, 0.3) is 0 Å². The van der Waals surface area contributed by atoms with E-state index >= 15 is 0 Å². The van der Waals surface area contributed by atoms with Gasteiger partial charge in [0.1, 0.15) is 0 Å². The van der Waals surface area contributed by atoms with Crippen LogP contribution in [0.5, 0.6) is 0 Å². The van der Waals surface area contributed by atoms with E-state index in [1.807, 2.05) is 19.1 Å². The topological polar surface area (TPSA) is 71.1 Å². The molecular weight excluding hydrogens is 310 g/mol. The first-order chi connectivity index (χ1) is 9.85. The Bertz CT molecular complexity index is 720. The van der Waals surface area contributed by atoms with Gasteiger partial charge in [0, 0.05) is 24.1 Å². The molecule has 1 atom stereocenters. The molecule has 1 heterocycles. The molecule has 0 aliphatic rings. The predicted molar refractivity (Wildman–Crippen MR) is 86.2 cm³/mol. The molecule has 0 saturated carbocycles. The van der Waals surface area contributed by atoms with Gasteiger partial charge in [0.2, 0.25) is 10.0 Å². The number of nitrogens with zero attached hydrogens (tertiary/aromatic N) is 1. The van der Waals surface area contributed by atoms with Crippen molar-refractivity contribution in [1.82, 2.24) is 4.98 Å². The number of halogens is 1. The monoisotopic (exact) mass is 325 g/mol. The normalized spacial score (nSPS) is 12.7. The Balaban J connectivity index is 2.14. The van der Waals surface area contributed by atoms with Crippen LogP contribution >= 0.6 is 11.6 Å². The fourth-order valence-corrected chi connectivity index (χ4v) is 2.73. The van der Waals surface area contributed by atoms with Gasteiger partial charge in [-0.3, -0.25) is 9.71 Å². The first-order valence-electron chi connectivity index (χ1n) is 6.29. The third-order valence-corrected chi connectivity index (χ3v) is 3.76. The smallest absolute Gasteiger partial charge is 0.229 e. The molecule has 0 bridgehead atoms. The van der Waals surface area contributed by atoms with Crippen molar-refractivity contribution in [2.75, 3.05) is 16.3 Å². The molecule has 1 aromatic carbocycles. The Labute approximate surface area is 129 Å². The van der Waals surface area contributed by atoms with Crippen molar-refractivity contribution in [2.45, 2.75) is 13.0 Å². The second-order valence-corrected chi connectivity index (χ2v) is 6.87. The van der Waals surface area contributed by atoms with Gasteiger partial charge >= 0.3 is 0 Å². The lowest BCUT2D eigenvalue weighted by molar-refractivity contribution is 0.607. The highest BCUT2D eigenvalue weighted by Crippen LogP contribution is 2.28. The van der Waals surface area contributed by atoms with E-state index in [0.29, 0.717) is 10.7 Å². The van der Waals surface area contributed by atoms with Gasteiger partial charge < -0.3 is 5.32 Å². The molecule has 1 aromatic heterocycles. The van der Waals surface area contributed by atoms with Crippen LogP contribution in [0, 0.1) is 0 Å². The van der Waals surface area contributed by atoms with E-state index in [-0.39, 0.29) is 6.04 Å². The van der Waals surface area contributed by atoms with Crippen molar-refractivity contribution in [3.05, 3.63) is 53.3 Å². The number of hydrogen-bond acceptors (Lipinski definition) is 4.